The summed E-state index contributed by atoms with van der Waals surface area (Å²) in [6, 6.07) is 0.150. The summed E-state index contributed by atoms with van der Waals surface area (Å²) in [5, 5.41) is 6.47. The zero-order valence-corrected chi connectivity index (χ0v) is 11.0. The molecule has 0 aromatic carbocycles. The van der Waals surface area contributed by atoms with E-state index in [0.717, 1.165) is 25.7 Å². The van der Waals surface area contributed by atoms with Gasteiger partial charge in [0.1, 0.15) is 0 Å². The molecule has 2 atom stereocenters. The second-order valence-electron chi connectivity index (χ2n) is 4.84. The molecule has 3 rings (SSSR count). The molecule has 2 fully saturated rings. The smallest absolute Gasteiger partial charge is 0.374 e. The van der Waals surface area contributed by atoms with E-state index in [1.165, 1.54) is 0 Å². The predicted octanol–water partition coefficient (Wildman–Crippen LogP) is 2.70. The van der Waals surface area contributed by atoms with Crippen molar-refractivity contribution in [3.8, 4) is 0 Å². The van der Waals surface area contributed by atoms with Gasteiger partial charge in [-0.2, -0.15) is 13.2 Å². The molecule has 0 N–H and O–H groups in total. The average Bonchev–Trinajstić information content (AvgIpc) is 2.87. The van der Waals surface area contributed by atoms with E-state index >= 15 is 0 Å². The van der Waals surface area contributed by atoms with E-state index in [0.29, 0.717) is 29.6 Å². The normalized spacial score (nSPS) is 28.3. The van der Waals surface area contributed by atoms with Crippen molar-refractivity contribution in [1.82, 2.24) is 10.2 Å². The minimum absolute atomic E-state index is 0.126. The van der Waals surface area contributed by atoms with Crippen molar-refractivity contribution in [2.45, 2.75) is 44.0 Å². The fraction of sp³-hybridized carbons (Fsp3) is 0.818. The van der Waals surface area contributed by atoms with E-state index in [2.05, 4.69) is 10.2 Å². The lowest BCUT2D eigenvalue weighted by Gasteiger charge is -2.43. The highest BCUT2D eigenvalue weighted by Crippen LogP contribution is 2.37. The largest absolute Gasteiger partial charge is 0.445 e. The molecule has 1 aromatic rings. The molecule has 4 nitrogen and oxygen atoms in total. The summed E-state index contributed by atoms with van der Waals surface area (Å²) < 4.78 is 43.4. The molecule has 1 aliphatic carbocycles. The van der Waals surface area contributed by atoms with Crippen LogP contribution in [0.5, 0.6) is 0 Å². The second-order valence-corrected chi connectivity index (χ2v) is 5.80. The zero-order valence-electron chi connectivity index (χ0n) is 10.2. The summed E-state index contributed by atoms with van der Waals surface area (Å²) in [7, 11) is 0. The molecule has 1 aliphatic heterocycles. The maximum Gasteiger partial charge on any atom is 0.445 e. The Morgan fingerprint density at radius 2 is 2.00 bits per heavy atom. The van der Waals surface area contributed by atoms with Crippen LogP contribution in [0.1, 0.15) is 30.7 Å². The van der Waals surface area contributed by atoms with Gasteiger partial charge in [0.2, 0.25) is 10.1 Å². The SMILES string of the molecule is FC(F)(F)c1nnc(N2CCO[C@H]3CCCC[C@H]32)s1. The number of morpholine rings is 1. The Labute approximate surface area is 112 Å². The molecule has 0 unspecified atom stereocenters. The van der Waals surface area contributed by atoms with Crippen molar-refractivity contribution in [2.24, 2.45) is 0 Å². The number of aromatic nitrogens is 2. The Bertz CT molecular complexity index is 449. The monoisotopic (exact) mass is 293 g/mol. The summed E-state index contributed by atoms with van der Waals surface area (Å²) in [5.41, 5.74) is 0. The lowest BCUT2D eigenvalue weighted by Crippen LogP contribution is -2.52. The summed E-state index contributed by atoms with van der Waals surface area (Å²) >= 11 is 0.625. The number of hydrogen-bond acceptors (Lipinski definition) is 5. The number of rotatable bonds is 1. The van der Waals surface area contributed by atoms with Crippen LogP contribution in [0.25, 0.3) is 0 Å². The summed E-state index contributed by atoms with van der Waals surface area (Å²) in [6.45, 7) is 1.13. The third-order valence-corrected chi connectivity index (χ3v) is 4.64. The molecule has 0 amide bonds. The van der Waals surface area contributed by atoms with Crippen LogP contribution < -0.4 is 4.90 Å². The molecule has 1 saturated heterocycles. The van der Waals surface area contributed by atoms with Gasteiger partial charge < -0.3 is 9.64 Å². The van der Waals surface area contributed by atoms with E-state index in [-0.39, 0.29) is 12.1 Å². The van der Waals surface area contributed by atoms with Gasteiger partial charge in [-0.3, -0.25) is 0 Å². The van der Waals surface area contributed by atoms with Crippen LogP contribution in [0.2, 0.25) is 0 Å². The molecule has 0 radical (unpaired) electrons. The fourth-order valence-electron chi connectivity index (χ4n) is 2.78. The topological polar surface area (TPSA) is 38.2 Å². The van der Waals surface area contributed by atoms with Gasteiger partial charge in [0.15, 0.2) is 0 Å². The van der Waals surface area contributed by atoms with Gasteiger partial charge >= 0.3 is 6.18 Å². The van der Waals surface area contributed by atoms with Gasteiger partial charge in [-0.15, -0.1) is 10.2 Å². The van der Waals surface area contributed by atoms with Gasteiger partial charge in [-0.25, -0.2) is 0 Å². The predicted molar refractivity (Wildman–Crippen MR) is 64.3 cm³/mol. The van der Waals surface area contributed by atoms with Crippen molar-refractivity contribution >= 4 is 16.5 Å². The molecule has 106 valence electrons. The standard InChI is InChI=1S/C11H14F3N3OS/c12-11(13,14)9-15-16-10(19-9)17-5-6-18-8-4-2-1-3-7(8)17/h7-8H,1-6H2/t7-,8+/m1/s1. The average molecular weight is 293 g/mol. The first-order valence-corrected chi connectivity index (χ1v) is 7.16. The summed E-state index contributed by atoms with van der Waals surface area (Å²) in [5.74, 6) is 0. The lowest BCUT2D eigenvalue weighted by atomic mass is 9.90. The van der Waals surface area contributed by atoms with Gasteiger partial charge in [0.05, 0.1) is 18.8 Å². The Hall–Kier alpha value is -0.890. The van der Waals surface area contributed by atoms with Crippen LogP contribution in [0.15, 0.2) is 0 Å². The van der Waals surface area contributed by atoms with Crippen LogP contribution in [0, 0.1) is 0 Å². The van der Waals surface area contributed by atoms with Crippen molar-refractivity contribution in [2.75, 3.05) is 18.1 Å². The van der Waals surface area contributed by atoms with Crippen LogP contribution in [-0.4, -0.2) is 35.5 Å². The van der Waals surface area contributed by atoms with Crippen molar-refractivity contribution in [3.63, 3.8) is 0 Å². The Morgan fingerprint density at radius 1 is 1.21 bits per heavy atom. The van der Waals surface area contributed by atoms with Crippen LogP contribution in [0.4, 0.5) is 18.3 Å². The first kappa shape index (κ1) is 13.1. The number of hydrogen-bond donors (Lipinski definition) is 0. The fourth-order valence-corrected chi connectivity index (χ4v) is 3.58. The van der Waals surface area contributed by atoms with Crippen molar-refractivity contribution in [3.05, 3.63) is 5.01 Å². The molecule has 1 saturated carbocycles. The van der Waals surface area contributed by atoms with Crippen LogP contribution >= 0.6 is 11.3 Å². The maximum atomic E-state index is 12.6. The first-order chi connectivity index (χ1) is 9.05. The molecule has 2 aliphatic rings. The Balaban J connectivity index is 1.82. The first-order valence-electron chi connectivity index (χ1n) is 6.34. The van der Waals surface area contributed by atoms with Crippen molar-refractivity contribution in [1.29, 1.82) is 0 Å². The minimum Gasteiger partial charge on any atom is -0.374 e. The number of halogens is 3. The van der Waals surface area contributed by atoms with Gasteiger partial charge in [0, 0.05) is 6.54 Å². The number of ether oxygens (including phenoxy) is 1. The molecule has 0 spiro atoms. The molecular formula is C11H14F3N3OS. The summed E-state index contributed by atoms with van der Waals surface area (Å²) in [6.07, 6.45) is -0.141. The maximum absolute atomic E-state index is 12.6. The Kier molecular flexibility index (Phi) is 3.38. The number of anilines is 1. The second kappa shape index (κ2) is 4.90. The Morgan fingerprint density at radius 3 is 2.74 bits per heavy atom. The van der Waals surface area contributed by atoms with E-state index in [4.69, 9.17) is 4.74 Å². The number of nitrogens with zero attached hydrogens (tertiary/aromatic N) is 3. The lowest BCUT2D eigenvalue weighted by molar-refractivity contribution is -0.138. The van der Waals surface area contributed by atoms with Gasteiger partial charge in [-0.05, 0) is 12.8 Å². The molecule has 8 heteroatoms. The highest BCUT2D eigenvalue weighted by atomic mass is 32.1. The quantitative estimate of drug-likeness (QED) is 0.798. The van der Waals surface area contributed by atoms with E-state index in [9.17, 15) is 13.2 Å². The minimum atomic E-state index is -4.41. The number of fused-ring (bicyclic) bond motifs is 1. The molecular weight excluding hydrogens is 279 g/mol. The number of alkyl halides is 3. The van der Waals surface area contributed by atoms with E-state index < -0.39 is 11.2 Å². The third kappa shape index (κ3) is 2.55. The molecule has 2 heterocycles. The zero-order chi connectivity index (χ0) is 13.5. The van der Waals surface area contributed by atoms with Crippen LogP contribution in [-0.2, 0) is 10.9 Å². The summed E-state index contributed by atoms with van der Waals surface area (Å²) in [4.78, 5) is 1.94. The van der Waals surface area contributed by atoms with Gasteiger partial charge in [-0.1, -0.05) is 24.2 Å². The van der Waals surface area contributed by atoms with E-state index in [1.54, 1.807) is 0 Å². The molecule has 1 aromatic heterocycles. The van der Waals surface area contributed by atoms with E-state index in [1.807, 2.05) is 4.90 Å². The van der Waals surface area contributed by atoms with Crippen LogP contribution in [0.3, 0.4) is 0 Å². The van der Waals surface area contributed by atoms with Crippen molar-refractivity contribution < 1.29 is 17.9 Å². The highest BCUT2D eigenvalue weighted by Gasteiger charge is 2.39. The molecule has 19 heavy (non-hydrogen) atoms. The highest BCUT2D eigenvalue weighted by molar-refractivity contribution is 7.15. The van der Waals surface area contributed by atoms with Gasteiger partial charge in [0.25, 0.3) is 0 Å². The molecule has 0 bridgehead atoms. The third-order valence-electron chi connectivity index (χ3n) is 3.63.